The molecule has 1 aromatic rings. The second-order valence-electron chi connectivity index (χ2n) is 8.08. The Morgan fingerprint density at radius 1 is 1.20 bits per heavy atom. The first kappa shape index (κ1) is 16.6. The Bertz CT molecular complexity index is 701. The number of carbonyl (C=O) groups is 2. The summed E-state index contributed by atoms with van der Waals surface area (Å²) in [7, 11) is 0. The molecule has 1 saturated carbocycles. The summed E-state index contributed by atoms with van der Waals surface area (Å²) in [5.41, 5.74) is 0.281. The van der Waals surface area contributed by atoms with E-state index >= 15 is 0 Å². The van der Waals surface area contributed by atoms with Crippen LogP contribution in [0.15, 0.2) is 24.3 Å². The van der Waals surface area contributed by atoms with Gasteiger partial charge in [0.25, 0.3) is 5.91 Å². The third-order valence-electron chi connectivity index (χ3n) is 6.20. The molecule has 5 heteroatoms. The van der Waals surface area contributed by atoms with Crippen molar-refractivity contribution in [2.24, 2.45) is 11.3 Å². The van der Waals surface area contributed by atoms with Gasteiger partial charge in [0.2, 0.25) is 5.91 Å². The molecule has 3 fully saturated rings. The lowest BCUT2D eigenvalue weighted by atomic mass is 9.82. The van der Waals surface area contributed by atoms with Crippen LogP contribution in [-0.2, 0) is 4.79 Å². The molecule has 134 valence electrons. The Morgan fingerprint density at radius 2 is 2.00 bits per heavy atom. The molecule has 2 atom stereocenters. The van der Waals surface area contributed by atoms with Crippen molar-refractivity contribution in [3.8, 4) is 0 Å². The van der Waals surface area contributed by atoms with Gasteiger partial charge in [-0.1, -0.05) is 13.0 Å². The minimum absolute atomic E-state index is 0.101. The summed E-state index contributed by atoms with van der Waals surface area (Å²) in [4.78, 5) is 29.4. The van der Waals surface area contributed by atoms with Gasteiger partial charge in [-0.25, -0.2) is 4.39 Å². The van der Waals surface area contributed by atoms with Gasteiger partial charge in [0.15, 0.2) is 0 Å². The first-order valence-corrected chi connectivity index (χ1v) is 9.34. The molecule has 2 aliphatic heterocycles. The van der Waals surface area contributed by atoms with Crippen molar-refractivity contribution < 1.29 is 14.0 Å². The van der Waals surface area contributed by atoms with Crippen molar-refractivity contribution in [3.05, 3.63) is 35.6 Å². The molecule has 4 rings (SSSR count). The Labute approximate surface area is 148 Å². The standard InChI is InChI=1S/C20H25FN2O2/c1-20(8-9-20)19(25)23-10-3-5-15-13-22(11-7-17(15)23)18(24)14-4-2-6-16(21)12-14/h2,4,6,12,15,17H,3,5,7-11,13H2,1H3/t15-,17+/m1/s1. The Kier molecular flexibility index (Phi) is 4.05. The van der Waals surface area contributed by atoms with E-state index < -0.39 is 0 Å². The van der Waals surface area contributed by atoms with Gasteiger partial charge in [-0.15, -0.1) is 0 Å². The largest absolute Gasteiger partial charge is 0.339 e. The number of carbonyl (C=O) groups excluding carboxylic acids is 2. The summed E-state index contributed by atoms with van der Waals surface area (Å²) in [6.45, 7) is 4.23. The molecule has 4 nitrogen and oxygen atoms in total. The topological polar surface area (TPSA) is 40.6 Å². The third-order valence-corrected chi connectivity index (χ3v) is 6.20. The quantitative estimate of drug-likeness (QED) is 0.827. The Morgan fingerprint density at radius 3 is 2.72 bits per heavy atom. The predicted molar refractivity (Wildman–Crippen MR) is 92.5 cm³/mol. The van der Waals surface area contributed by atoms with E-state index in [2.05, 4.69) is 11.8 Å². The van der Waals surface area contributed by atoms with Crippen LogP contribution >= 0.6 is 0 Å². The normalized spacial score (nSPS) is 27.6. The number of halogens is 1. The van der Waals surface area contributed by atoms with Crippen molar-refractivity contribution in [3.63, 3.8) is 0 Å². The summed E-state index contributed by atoms with van der Waals surface area (Å²) in [6, 6.07) is 6.16. The van der Waals surface area contributed by atoms with Crippen molar-refractivity contribution in [2.75, 3.05) is 19.6 Å². The van der Waals surface area contributed by atoms with Crippen LogP contribution in [0.4, 0.5) is 4.39 Å². The van der Waals surface area contributed by atoms with Crippen molar-refractivity contribution in [1.82, 2.24) is 9.80 Å². The second kappa shape index (κ2) is 6.11. The molecule has 0 bridgehead atoms. The van der Waals surface area contributed by atoms with Gasteiger partial charge >= 0.3 is 0 Å². The van der Waals surface area contributed by atoms with E-state index in [4.69, 9.17) is 0 Å². The summed E-state index contributed by atoms with van der Waals surface area (Å²) in [5.74, 6) is 0.168. The number of fused-ring (bicyclic) bond motifs is 1. The number of amides is 2. The smallest absolute Gasteiger partial charge is 0.253 e. The highest BCUT2D eigenvalue weighted by molar-refractivity contribution is 5.94. The third kappa shape index (κ3) is 3.05. The molecule has 0 spiro atoms. The van der Waals surface area contributed by atoms with E-state index in [0.29, 0.717) is 30.5 Å². The first-order chi connectivity index (χ1) is 12.0. The van der Waals surface area contributed by atoms with Gasteiger partial charge in [0.1, 0.15) is 5.82 Å². The van der Waals surface area contributed by atoms with Gasteiger partial charge in [-0.05, 0) is 56.2 Å². The highest BCUT2D eigenvalue weighted by atomic mass is 19.1. The number of nitrogens with zero attached hydrogens (tertiary/aromatic N) is 2. The maximum Gasteiger partial charge on any atom is 0.253 e. The molecule has 1 aromatic carbocycles. The van der Waals surface area contributed by atoms with Crippen LogP contribution in [0, 0.1) is 17.2 Å². The molecule has 0 radical (unpaired) electrons. The van der Waals surface area contributed by atoms with Crippen molar-refractivity contribution in [1.29, 1.82) is 0 Å². The monoisotopic (exact) mass is 344 g/mol. The summed E-state index contributed by atoms with van der Waals surface area (Å²) in [6.07, 6.45) is 4.89. The molecule has 3 aliphatic rings. The fourth-order valence-corrected chi connectivity index (χ4v) is 4.39. The van der Waals surface area contributed by atoms with Crippen LogP contribution in [0.3, 0.4) is 0 Å². The van der Waals surface area contributed by atoms with Gasteiger partial charge in [0, 0.05) is 36.7 Å². The van der Waals surface area contributed by atoms with E-state index in [9.17, 15) is 14.0 Å². The number of likely N-dealkylation sites (tertiary alicyclic amines) is 2. The predicted octanol–water partition coefficient (Wildman–Crippen LogP) is 3.08. The maximum atomic E-state index is 13.4. The second-order valence-corrected chi connectivity index (χ2v) is 8.08. The van der Waals surface area contributed by atoms with Gasteiger partial charge < -0.3 is 9.80 Å². The summed E-state index contributed by atoms with van der Waals surface area (Å²) < 4.78 is 13.4. The number of hydrogen-bond donors (Lipinski definition) is 0. The average Bonchev–Trinajstić information content (AvgIpc) is 3.38. The molecule has 2 heterocycles. The SMILES string of the molecule is CC1(C(=O)N2CCC[C@@H]3CN(C(=O)c4cccc(F)c4)CC[C@@H]32)CC1. The summed E-state index contributed by atoms with van der Waals surface area (Å²) >= 11 is 0. The Balaban J connectivity index is 1.46. The van der Waals surface area contributed by atoms with Crippen LogP contribution in [0.1, 0.15) is 49.4 Å². The molecule has 2 amide bonds. The van der Waals surface area contributed by atoms with Crippen LogP contribution < -0.4 is 0 Å². The zero-order valence-electron chi connectivity index (χ0n) is 14.7. The van der Waals surface area contributed by atoms with Crippen LogP contribution in [0.2, 0.25) is 0 Å². The fraction of sp³-hybridized carbons (Fsp3) is 0.600. The van der Waals surface area contributed by atoms with Crippen molar-refractivity contribution >= 4 is 11.8 Å². The van der Waals surface area contributed by atoms with Gasteiger partial charge in [-0.3, -0.25) is 9.59 Å². The van der Waals surface area contributed by atoms with Gasteiger partial charge in [-0.2, -0.15) is 0 Å². The van der Waals surface area contributed by atoms with E-state index in [1.165, 1.54) is 12.1 Å². The van der Waals surface area contributed by atoms with E-state index in [-0.39, 0.29) is 23.2 Å². The fourth-order valence-electron chi connectivity index (χ4n) is 4.39. The van der Waals surface area contributed by atoms with E-state index in [0.717, 1.165) is 38.6 Å². The number of benzene rings is 1. The molecular weight excluding hydrogens is 319 g/mol. The number of hydrogen-bond acceptors (Lipinski definition) is 2. The minimum Gasteiger partial charge on any atom is -0.339 e. The zero-order chi connectivity index (χ0) is 17.6. The molecule has 1 aliphatic carbocycles. The van der Waals surface area contributed by atoms with Gasteiger partial charge in [0.05, 0.1) is 0 Å². The number of rotatable bonds is 2. The first-order valence-electron chi connectivity index (χ1n) is 9.34. The van der Waals surface area contributed by atoms with Crippen LogP contribution in [-0.4, -0.2) is 47.3 Å². The maximum absolute atomic E-state index is 13.4. The molecule has 0 unspecified atom stereocenters. The van der Waals surface area contributed by atoms with E-state index in [1.807, 2.05) is 4.90 Å². The molecule has 0 aromatic heterocycles. The molecular formula is C20H25FN2O2. The van der Waals surface area contributed by atoms with Crippen LogP contribution in [0.5, 0.6) is 0 Å². The average molecular weight is 344 g/mol. The lowest BCUT2D eigenvalue weighted by Gasteiger charge is -2.48. The molecule has 2 saturated heterocycles. The molecule has 25 heavy (non-hydrogen) atoms. The Hall–Kier alpha value is -1.91. The lowest BCUT2D eigenvalue weighted by Crippen LogP contribution is -2.57. The van der Waals surface area contributed by atoms with Crippen LogP contribution in [0.25, 0.3) is 0 Å². The highest BCUT2D eigenvalue weighted by Gasteiger charge is 2.50. The molecule has 0 N–H and O–H groups in total. The zero-order valence-corrected chi connectivity index (χ0v) is 14.7. The minimum atomic E-state index is -0.382. The van der Waals surface area contributed by atoms with E-state index in [1.54, 1.807) is 12.1 Å². The highest BCUT2D eigenvalue weighted by Crippen LogP contribution is 2.48. The lowest BCUT2D eigenvalue weighted by molar-refractivity contribution is -0.143. The summed E-state index contributed by atoms with van der Waals surface area (Å²) in [5, 5.41) is 0. The number of piperidine rings is 2. The van der Waals surface area contributed by atoms with Crippen molar-refractivity contribution in [2.45, 2.75) is 45.1 Å².